The monoisotopic (exact) mass is 530 g/mol. The summed E-state index contributed by atoms with van der Waals surface area (Å²) in [5.74, 6) is -0.610. The summed E-state index contributed by atoms with van der Waals surface area (Å²) in [5, 5.41) is 10.3. The van der Waals surface area contributed by atoms with Crippen LogP contribution in [0.15, 0.2) is 89.4 Å². The number of hydrogen-bond acceptors (Lipinski definition) is 3. The summed E-state index contributed by atoms with van der Waals surface area (Å²) in [6.07, 6.45) is 0.364. The van der Waals surface area contributed by atoms with Gasteiger partial charge in [0.25, 0.3) is 5.91 Å². The fourth-order valence-electron chi connectivity index (χ4n) is 3.86. The molecule has 178 valence electrons. The molecule has 35 heavy (non-hydrogen) atoms. The maximum atomic E-state index is 13.5. The van der Waals surface area contributed by atoms with Crippen LogP contribution in [0, 0.1) is 6.92 Å². The van der Waals surface area contributed by atoms with Crippen molar-refractivity contribution < 1.29 is 9.59 Å². The lowest BCUT2D eigenvalue weighted by Crippen LogP contribution is -2.47. The van der Waals surface area contributed by atoms with E-state index in [0.717, 1.165) is 26.7 Å². The third-order valence-electron chi connectivity index (χ3n) is 5.73. The van der Waals surface area contributed by atoms with E-state index in [9.17, 15) is 9.59 Å². The van der Waals surface area contributed by atoms with Crippen LogP contribution in [-0.4, -0.2) is 34.7 Å². The molecule has 1 aromatic heterocycles. The standard InChI is InChI=1S/C28H27BrN4O2/c1-19-11-13-22(14-12-19)24-17-26(33(32-24)18-20-7-4-3-5-8-20)28(35)31-25(27(34)30-2)16-21-9-6-10-23(29)15-21/h3-15,17,25H,16,18H2,1-2H3,(H,30,34)(H,31,35)/t25-/m0/s1. The van der Waals surface area contributed by atoms with Crippen molar-refractivity contribution in [1.82, 2.24) is 20.4 Å². The van der Waals surface area contributed by atoms with Crippen molar-refractivity contribution in [1.29, 1.82) is 0 Å². The van der Waals surface area contributed by atoms with E-state index in [1.54, 1.807) is 17.8 Å². The van der Waals surface area contributed by atoms with Gasteiger partial charge in [0, 0.05) is 23.5 Å². The predicted octanol–water partition coefficient (Wildman–Crippen LogP) is 4.76. The van der Waals surface area contributed by atoms with E-state index in [1.165, 1.54) is 0 Å². The lowest BCUT2D eigenvalue weighted by atomic mass is 10.0. The average molecular weight is 531 g/mol. The van der Waals surface area contributed by atoms with Gasteiger partial charge in [0.15, 0.2) is 0 Å². The zero-order valence-electron chi connectivity index (χ0n) is 19.7. The number of carbonyl (C=O) groups excluding carboxylic acids is 2. The molecule has 0 aliphatic carbocycles. The molecule has 0 radical (unpaired) electrons. The van der Waals surface area contributed by atoms with Gasteiger partial charge in [-0.3, -0.25) is 14.3 Å². The van der Waals surface area contributed by atoms with E-state index in [4.69, 9.17) is 5.10 Å². The molecule has 6 nitrogen and oxygen atoms in total. The van der Waals surface area contributed by atoms with E-state index in [1.807, 2.05) is 85.8 Å². The van der Waals surface area contributed by atoms with Crippen LogP contribution < -0.4 is 10.6 Å². The number of rotatable bonds is 8. The number of aromatic nitrogens is 2. The summed E-state index contributed by atoms with van der Waals surface area (Å²) in [7, 11) is 1.57. The molecule has 0 unspecified atom stereocenters. The van der Waals surface area contributed by atoms with Gasteiger partial charge in [0.1, 0.15) is 11.7 Å². The number of nitrogens with zero attached hydrogens (tertiary/aromatic N) is 2. The highest BCUT2D eigenvalue weighted by atomic mass is 79.9. The normalized spacial score (nSPS) is 11.6. The van der Waals surface area contributed by atoms with Gasteiger partial charge in [-0.25, -0.2) is 0 Å². The Morgan fingerprint density at radius 3 is 2.34 bits per heavy atom. The first-order chi connectivity index (χ1) is 16.9. The van der Waals surface area contributed by atoms with Gasteiger partial charge in [0.05, 0.1) is 12.2 Å². The second-order valence-corrected chi connectivity index (χ2v) is 9.31. The number of carbonyl (C=O) groups is 2. The Labute approximate surface area is 213 Å². The van der Waals surface area contributed by atoms with Crippen molar-refractivity contribution in [2.75, 3.05) is 7.05 Å². The van der Waals surface area contributed by atoms with E-state index >= 15 is 0 Å². The van der Waals surface area contributed by atoms with Crippen LogP contribution in [0.2, 0.25) is 0 Å². The molecule has 2 amide bonds. The SMILES string of the molecule is CNC(=O)[C@H](Cc1cccc(Br)c1)NC(=O)c1cc(-c2ccc(C)cc2)nn1Cc1ccccc1. The highest BCUT2D eigenvalue weighted by Gasteiger charge is 2.24. The molecule has 0 aliphatic rings. The predicted molar refractivity (Wildman–Crippen MR) is 141 cm³/mol. The number of halogens is 1. The number of aryl methyl sites for hydroxylation is 1. The highest BCUT2D eigenvalue weighted by Crippen LogP contribution is 2.21. The van der Waals surface area contributed by atoms with Crippen LogP contribution in [0.5, 0.6) is 0 Å². The average Bonchev–Trinajstić information content (AvgIpc) is 3.28. The first-order valence-electron chi connectivity index (χ1n) is 11.4. The van der Waals surface area contributed by atoms with Gasteiger partial charge in [-0.15, -0.1) is 0 Å². The molecule has 4 aromatic rings. The molecular weight excluding hydrogens is 504 g/mol. The lowest BCUT2D eigenvalue weighted by molar-refractivity contribution is -0.122. The zero-order valence-corrected chi connectivity index (χ0v) is 21.2. The Morgan fingerprint density at radius 2 is 1.66 bits per heavy atom. The van der Waals surface area contributed by atoms with Crippen molar-refractivity contribution in [3.63, 3.8) is 0 Å². The molecule has 0 saturated heterocycles. The number of nitrogens with one attached hydrogen (secondary N) is 2. The molecule has 0 bridgehead atoms. The first-order valence-corrected chi connectivity index (χ1v) is 12.2. The van der Waals surface area contributed by atoms with Gasteiger partial charge in [-0.1, -0.05) is 88.2 Å². The minimum atomic E-state index is -0.732. The largest absolute Gasteiger partial charge is 0.357 e. The van der Waals surface area contributed by atoms with Crippen molar-refractivity contribution in [3.8, 4) is 11.3 Å². The van der Waals surface area contributed by atoms with Gasteiger partial charge < -0.3 is 10.6 Å². The van der Waals surface area contributed by atoms with Gasteiger partial charge >= 0.3 is 0 Å². The highest BCUT2D eigenvalue weighted by molar-refractivity contribution is 9.10. The van der Waals surface area contributed by atoms with E-state index in [-0.39, 0.29) is 11.8 Å². The van der Waals surface area contributed by atoms with Crippen LogP contribution in [0.4, 0.5) is 0 Å². The van der Waals surface area contributed by atoms with Crippen molar-refractivity contribution >= 4 is 27.7 Å². The molecule has 0 fully saturated rings. The Kier molecular flexibility index (Phi) is 7.77. The summed E-state index contributed by atoms with van der Waals surface area (Å²) in [6.45, 7) is 2.46. The van der Waals surface area contributed by atoms with Gasteiger partial charge in [-0.2, -0.15) is 5.10 Å². The fraction of sp³-hybridized carbons (Fsp3) is 0.179. The third kappa shape index (κ3) is 6.25. The topological polar surface area (TPSA) is 76.0 Å². The minimum absolute atomic E-state index is 0.258. The zero-order chi connectivity index (χ0) is 24.8. The Bertz CT molecular complexity index is 1320. The molecule has 1 atom stereocenters. The smallest absolute Gasteiger partial charge is 0.270 e. The molecule has 0 aliphatic heterocycles. The van der Waals surface area contributed by atoms with Crippen LogP contribution in [0.25, 0.3) is 11.3 Å². The van der Waals surface area contributed by atoms with Crippen molar-refractivity contribution in [3.05, 3.63) is 112 Å². The third-order valence-corrected chi connectivity index (χ3v) is 6.23. The van der Waals surface area contributed by atoms with Crippen LogP contribution in [-0.2, 0) is 17.8 Å². The first kappa shape index (κ1) is 24.4. The van der Waals surface area contributed by atoms with E-state index in [0.29, 0.717) is 24.4 Å². The molecule has 0 saturated carbocycles. The fourth-order valence-corrected chi connectivity index (χ4v) is 4.30. The molecule has 1 heterocycles. The van der Waals surface area contributed by atoms with Crippen molar-refractivity contribution in [2.45, 2.75) is 25.9 Å². The Hall–Kier alpha value is -3.71. The molecule has 3 aromatic carbocycles. The number of hydrogen-bond donors (Lipinski definition) is 2. The van der Waals surface area contributed by atoms with E-state index in [2.05, 4.69) is 26.6 Å². The maximum absolute atomic E-state index is 13.5. The van der Waals surface area contributed by atoms with Crippen LogP contribution >= 0.6 is 15.9 Å². The molecular formula is C28H27BrN4O2. The van der Waals surface area contributed by atoms with Gasteiger partial charge in [0.2, 0.25) is 5.91 Å². The summed E-state index contributed by atoms with van der Waals surface area (Å²) in [5.41, 5.74) is 5.13. The van der Waals surface area contributed by atoms with Crippen LogP contribution in [0.1, 0.15) is 27.2 Å². The van der Waals surface area contributed by atoms with Gasteiger partial charge in [-0.05, 0) is 36.2 Å². The van der Waals surface area contributed by atoms with Crippen molar-refractivity contribution in [2.24, 2.45) is 0 Å². The summed E-state index contributed by atoms with van der Waals surface area (Å²) < 4.78 is 2.61. The summed E-state index contributed by atoms with van der Waals surface area (Å²) >= 11 is 3.46. The molecule has 0 spiro atoms. The number of amides is 2. The maximum Gasteiger partial charge on any atom is 0.270 e. The summed E-state index contributed by atoms with van der Waals surface area (Å²) in [6, 6.07) is 26.6. The second-order valence-electron chi connectivity index (χ2n) is 8.40. The molecule has 7 heteroatoms. The summed E-state index contributed by atoms with van der Waals surface area (Å²) in [4.78, 5) is 26.1. The van der Waals surface area contributed by atoms with Crippen LogP contribution in [0.3, 0.4) is 0 Å². The lowest BCUT2D eigenvalue weighted by Gasteiger charge is -2.18. The number of benzene rings is 3. The van der Waals surface area contributed by atoms with E-state index < -0.39 is 6.04 Å². The quantitative estimate of drug-likeness (QED) is 0.345. The molecule has 2 N–H and O–H groups in total. The Balaban J connectivity index is 1.65. The Morgan fingerprint density at radius 1 is 0.943 bits per heavy atom. The minimum Gasteiger partial charge on any atom is -0.357 e. The molecule has 4 rings (SSSR count). The number of likely N-dealkylation sites (N-methyl/N-ethyl adjacent to an activating group) is 1. The second kappa shape index (κ2) is 11.1.